The van der Waals surface area contributed by atoms with E-state index in [0.29, 0.717) is 22.6 Å². The smallest absolute Gasteiger partial charge is 0.247 e. The number of aromatic nitrogens is 3. The zero-order valence-corrected chi connectivity index (χ0v) is 20.2. The molecule has 6 nitrogen and oxygen atoms in total. The lowest BCUT2D eigenvalue weighted by molar-refractivity contribution is -0.118. The summed E-state index contributed by atoms with van der Waals surface area (Å²) in [4.78, 5) is 19.2. The van der Waals surface area contributed by atoms with Crippen LogP contribution in [0.1, 0.15) is 38.1 Å². The normalized spacial score (nSPS) is 15.2. The maximum atomic E-state index is 12.9. The molecular weight excluding hydrogens is 476 g/mol. The van der Waals surface area contributed by atoms with Gasteiger partial charge in [0, 0.05) is 28.3 Å². The third kappa shape index (κ3) is 4.45. The molecule has 1 atom stereocenters. The fraction of sp³-hybridized carbons (Fsp3) is 0.304. The first-order chi connectivity index (χ1) is 14.8. The number of aryl methyl sites for hydroxylation is 1. The van der Waals surface area contributed by atoms with E-state index < -0.39 is 6.23 Å². The number of carbonyl (C=O) groups excluding carboxylic acids is 1. The molecule has 0 N–H and O–H groups in total. The van der Waals surface area contributed by atoms with Gasteiger partial charge < -0.3 is 4.74 Å². The van der Waals surface area contributed by atoms with Crippen molar-refractivity contribution < 1.29 is 9.53 Å². The molecule has 160 valence electrons. The van der Waals surface area contributed by atoms with Gasteiger partial charge in [0.05, 0.1) is 5.69 Å². The Morgan fingerprint density at radius 3 is 2.71 bits per heavy atom. The third-order valence-electron chi connectivity index (χ3n) is 4.82. The van der Waals surface area contributed by atoms with Gasteiger partial charge in [-0.05, 0) is 31.0 Å². The fourth-order valence-corrected chi connectivity index (χ4v) is 4.61. The molecule has 31 heavy (non-hydrogen) atoms. The highest BCUT2D eigenvalue weighted by Gasteiger charge is 2.35. The molecule has 1 aromatic heterocycles. The van der Waals surface area contributed by atoms with Crippen molar-refractivity contribution in [1.29, 1.82) is 0 Å². The standard InChI is InChI=1S/C23H23BrN4O2S/c1-13(2)12-31-23-25-21-20(26-27-23)17-11-14(3)9-10-19(17)28(15(4)29)22(30-21)16-7-5-6-8-18(16)24/h5-11,13,22H,12H2,1-4H3/t22-/m0/s1. The highest BCUT2D eigenvalue weighted by Crippen LogP contribution is 2.44. The maximum absolute atomic E-state index is 12.9. The molecule has 0 radical (unpaired) electrons. The van der Waals surface area contributed by atoms with Gasteiger partial charge in [-0.1, -0.05) is 71.4 Å². The first-order valence-corrected chi connectivity index (χ1v) is 11.8. The summed E-state index contributed by atoms with van der Waals surface area (Å²) in [6.07, 6.45) is -0.699. The van der Waals surface area contributed by atoms with E-state index in [1.807, 2.05) is 49.4 Å². The first kappa shape index (κ1) is 21.8. The van der Waals surface area contributed by atoms with Gasteiger partial charge in [0.1, 0.15) is 0 Å². The highest BCUT2D eigenvalue weighted by atomic mass is 79.9. The minimum atomic E-state index is -0.699. The Morgan fingerprint density at radius 1 is 1.23 bits per heavy atom. The van der Waals surface area contributed by atoms with E-state index >= 15 is 0 Å². The van der Waals surface area contributed by atoms with E-state index in [1.54, 1.807) is 16.7 Å². The zero-order chi connectivity index (χ0) is 22.1. The molecule has 0 aliphatic carbocycles. The molecule has 1 aliphatic rings. The predicted octanol–water partition coefficient (Wildman–Crippen LogP) is 5.80. The summed E-state index contributed by atoms with van der Waals surface area (Å²) in [7, 11) is 0. The van der Waals surface area contributed by atoms with Gasteiger partial charge in [0.15, 0.2) is 5.69 Å². The molecule has 2 aromatic carbocycles. The van der Waals surface area contributed by atoms with Crippen LogP contribution in [0.4, 0.5) is 5.69 Å². The van der Waals surface area contributed by atoms with Crippen LogP contribution in [0.25, 0.3) is 11.3 Å². The van der Waals surface area contributed by atoms with Crippen molar-refractivity contribution in [2.24, 2.45) is 5.92 Å². The van der Waals surface area contributed by atoms with Crippen LogP contribution >= 0.6 is 27.7 Å². The molecule has 0 saturated carbocycles. The second-order valence-electron chi connectivity index (χ2n) is 7.85. The summed E-state index contributed by atoms with van der Waals surface area (Å²) >= 11 is 5.16. The summed E-state index contributed by atoms with van der Waals surface area (Å²) < 4.78 is 7.26. The van der Waals surface area contributed by atoms with Crippen molar-refractivity contribution in [3.63, 3.8) is 0 Å². The number of ether oxygens (including phenoxy) is 1. The molecule has 0 fully saturated rings. The average Bonchev–Trinajstić information content (AvgIpc) is 2.86. The lowest BCUT2D eigenvalue weighted by Gasteiger charge is -2.30. The molecule has 1 amide bonds. The van der Waals surface area contributed by atoms with Gasteiger partial charge in [-0.15, -0.1) is 10.2 Å². The Bertz CT molecular complexity index is 1140. The van der Waals surface area contributed by atoms with Crippen LogP contribution in [0.5, 0.6) is 5.88 Å². The van der Waals surface area contributed by atoms with Crippen LogP contribution in [-0.2, 0) is 4.79 Å². The van der Waals surface area contributed by atoms with E-state index in [-0.39, 0.29) is 5.91 Å². The third-order valence-corrected chi connectivity index (χ3v) is 6.80. The maximum Gasteiger partial charge on any atom is 0.247 e. The van der Waals surface area contributed by atoms with E-state index in [2.05, 4.69) is 45.0 Å². The Labute approximate surface area is 194 Å². The first-order valence-electron chi connectivity index (χ1n) is 10.0. The topological polar surface area (TPSA) is 68.2 Å². The molecule has 0 saturated heterocycles. The second-order valence-corrected chi connectivity index (χ2v) is 9.70. The highest BCUT2D eigenvalue weighted by molar-refractivity contribution is 9.10. The molecule has 0 unspecified atom stereocenters. The number of carbonyl (C=O) groups is 1. The Hall–Kier alpha value is -2.45. The van der Waals surface area contributed by atoms with Gasteiger partial charge in [0.25, 0.3) is 0 Å². The van der Waals surface area contributed by atoms with Crippen LogP contribution < -0.4 is 9.64 Å². The number of rotatable bonds is 4. The summed E-state index contributed by atoms with van der Waals surface area (Å²) in [5, 5.41) is 9.36. The minimum Gasteiger partial charge on any atom is -0.447 e. The van der Waals surface area contributed by atoms with Crippen LogP contribution in [-0.4, -0.2) is 26.8 Å². The van der Waals surface area contributed by atoms with Crippen molar-refractivity contribution >= 4 is 39.3 Å². The van der Waals surface area contributed by atoms with Crippen molar-refractivity contribution in [2.75, 3.05) is 10.7 Å². The van der Waals surface area contributed by atoms with Crippen LogP contribution in [0.15, 0.2) is 52.1 Å². The van der Waals surface area contributed by atoms with Crippen molar-refractivity contribution in [3.8, 4) is 17.1 Å². The number of benzene rings is 2. The largest absolute Gasteiger partial charge is 0.447 e. The van der Waals surface area contributed by atoms with Crippen LogP contribution in [0.3, 0.4) is 0 Å². The monoisotopic (exact) mass is 498 g/mol. The molecule has 1 aliphatic heterocycles. The summed E-state index contributed by atoms with van der Waals surface area (Å²) in [5.41, 5.74) is 3.91. The molecule has 3 aromatic rings. The second kappa shape index (κ2) is 8.96. The van der Waals surface area contributed by atoms with Crippen molar-refractivity contribution in [2.45, 2.75) is 39.1 Å². The number of thioether (sulfide) groups is 1. The molecule has 0 spiro atoms. The summed E-state index contributed by atoms with van der Waals surface area (Å²) in [6.45, 7) is 7.83. The lowest BCUT2D eigenvalue weighted by atomic mass is 10.0. The van der Waals surface area contributed by atoms with E-state index in [0.717, 1.165) is 32.6 Å². The number of hydrogen-bond acceptors (Lipinski definition) is 6. The van der Waals surface area contributed by atoms with Gasteiger partial charge >= 0.3 is 0 Å². The zero-order valence-electron chi connectivity index (χ0n) is 17.8. The molecular formula is C23H23BrN4O2S. The Morgan fingerprint density at radius 2 is 2.00 bits per heavy atom. The predicted molar refractivity (Wildman–Crippen MR) is 126 cm³/mol. The minimum absolute atomic E-state index is 0.138. The van der Waals surface area contributed by atoms with Crippen molar-refractivity contribution in [1.82, 2.24) is 15.2 Å². The van der Waals surface area contributed by atoms with Gasteiger partial charge in [-0.25, -0.2) is 0 Å². The molecule has 2 heterocycles. The number of nitrogens with zero attached hydrogens (tertiary/aromatic N) is 4. The fourth-order valence-electron chi connectivity index (χ4n) is 3.40. The Kier molecular flexibility index (Phi) is 6.29. The lowest BCUT2D eigenvalue weighted by Crippen LogP contribution is -2.36. The molecule has 0 bridgehead atoms. The van der Waals surface area contributed by atoms with Crippen molar-refractivity contribution in [3.05, 3.63) is 58.1 Å². The van der Waals surface area contributed by atoms with Gasteiger partial charge in [-0.3, -0.25) is 9.69 Å². The number of fused-ring (bicyclic) bond motifs is 3. The van der Waals surface area contributed by atoms with E-state index in [9.17, 15) is 4.79 Å². The van der Waals surface area contributed by atoms with Crippen LogP contribution in [0.2, 0.25) is 0 Å². The van der Waals surface area contributed by atoms with Gasteiger partial charge in [-0.2, -0.15) is 4.98 Å². The quantitative estimate of drug-likeness (QED) is 0.423. The SMILES string of the molecule is CC(=O)N1c2ccc(C)cc2-c2nnc(SCC(C)C)nc2O[C@H]1c1ccccc1Br. The number of halogens is 1. The summed E-state index contributed by atoms with van der Waals surface area (Å²) in [5.74, 6) is 1.61. The van der Waals surface area contributed by atoms with E-state index in [4.69, 9.17) is 4.74 Å². The Balaban J connectivity index is 1.92. The average molecular weight is 499 g/mol. The number of anilines is 1. The molecule has 8 heteroatoms. The van der Waals surface area contributed by atoms with Gasteiger partial charge in [0.2, 0.25) is 23.2 Å². The van der Waals surface area contributed by atoms with E-state index in [1.165, 1.54) is 6.92 Å². The number of hydrogen-bond donors (Lipinski definition) is 0. The molecule has 4 rings (SSSR count). The summed E-state index contributed by atoms with van der Waals surface area (Å²) in [6, 6.07) is 13.6. The van der Waals surface area contributed by atoms with Crippen LogP contribution in [0, 0.1) is 12.8 Å². The number of amides is 1.